The fourth-order valence-electron chi connectivity index (χ4n) is 1.09. The maximum atomic E-state index is 5.69. The molecule has 0 heterocycles. The maximum Gasteiger partial charge on any atom is 0.0575 e. The van der Waals surface area contributed by atoms with Crippen LogP contribution in [-0.2, 0) is 11.4 Å². The first-order chi connectivity index (χ1) is 6.11. The van der Waals surface area contributed by atoms with Crippen LogP contribution in [0.3, 0.4) is 0 Å². The zero-order valence-corrected chi connectivity index (χ0v) is 9.34. The van der Waals surface area contributed by atoms with Crippen molar-refractivity contribution in [1.82, 2.24) is 5.06 Å². The third-order valence-corrected chi connectivity index (χ3v) is 2.15. The van der Waals surface area contributed by atoms with Gasteiger partial charge in [0.25, 0.3) is 0 Å². The van der Waals surface area contributed by atoms with Crippen molar-refractivity contribution in [2.75, 3.05) is 19.9 Å². The summed E-state index contributed by atoms with van der Waals surface area (Å²) in [5.74, 6) is 0. The van der Waals surface area contributed by atoms with Gasteiger partial charge in [0.2, 0.25) is 0 Å². The van der Waals surface area contributed by atoms with Gasteiger partial charge in [0.15, 0.2) is 0 Å². The van der Waals surface area contributed by atoms with Crippen LogP contribution in [0.1, 0.15) is 5.56 Å². The van der Waals surface area contributed by atoms with Crippen molar-refractivity contribution >= 4 is 21.6 Å². The molecule has 1 aromatic rings. The molecular weight excluding hydrogens is 232 g/mol. The highest BCUT2D eigenvalue weighted by atomic mass is 79.9. The second-order valence-electron chi connectivity index (χ2n) is 2.86. The van der Waals surface area contributed by atoms with Crippen LogP contribution in [0.25, 0.3) is 0 Å². The molecule has 0 bridgehead atoms. The van der Waals surface area contributed by atoms with Gasteiger partial charge >= 0.3 is 0 Å². The molecule has 4 heteroatoms. The van der Waals surface area contributed by atoms with E-state index < -0.39 is 0 Å². The number of nitrogen functional groups attached to an aromatic ring is 1. The third kappa shape index (κ3) is 3.34. The smallest absolute Gasteiger partial charge is 0.0575 e. The van der Waals surface area contributed by atoms with Crippen LogP contribution in [0.5, 0.6) is 0 Å². The second-order valence-corrected chi connectivity index (χ2v) is 3.78. The third-order valence-electron chi connectivity index (χ3n) is 1.70. The normalized spacial score (nSPS) is 10.8. The van der Waals surface area contributed by atoms with Gasteiger partial charge < -0.3 is 10.6 Å². The number of nitrogens with zero attached hydrogens (tertiary/aromatic N) is 1. The van der Waals surface area contributed by atoms with Gasteiger partial charge in [0, 0.05) is 23.8 Å². The van der Waals surface area contributed by atoms with Crippen molar-refractivity contribution in [3.8, 4) is 0 Å². The molecule has 0 unspecified atom stereocenters. The van der Waals surface area contributed by atoms with E-state index in [1.807, 2.05) is 25.2 Å². The first-order valence-corrected chi connectivity index (χ1v) is 4.71. The second kappa shape index (κ2) is 4.60. The summed E-state index contributed by atoms with van der Waals surface area (Å²) in [4.78, 5) is 5.01. The summed E-state index contributed by atoms with van der Waals surface area (Å²) in [6.07, 6.45) is 0. The standard InChI is InChI=1S/C9H13BrN2O/c1-12(13-2)6-7-3-8(10)5-9(11)4-7/h3-5H,6,11H2,1-2H3. The maximum absolute atomic E-state index is 5.69. The van der Waals surface area contributed by atoms with Crippen LogP contribution < -0.4 is 5.73 Å². The summed E-state index contributed by atoms with van der Waals surface area (Å²) in [5.41, 5.74) is 7.57. The highest BCUT2D eigenvalue weighted by Crippen LogP contribution is 2.18. The van der Waals surface area contributed by atoms with Gasteiger partial charge in [-0.05, 0) is 23.8 Å². The van der Waals surface area contributed by atoms with Gasteiger partial charge in [-0.2, -0.15) is 5.06 Å². The van der Waals surface area contributed by atoms with Gasteiger partial charge in [-0.1, -0.05) is 15.9 Å². The molecule has 1 aromatic carbocycles. The number of anilines is 1. The lowest BCUT2D eigenvalue weighted by atomic mass is 10.2. The van der Waals surface area contributed by atoms with E-state index in [9.17, 15) is 0 Å². The van der Waals surface area contributed by atoms with E-state index in [2.05, 4.69) is 15.9 Å². The number of halogens is 1. The van der Waals surface area contributed by atoms with Crippen LogP contribution >= 0.6 is 15.9 Å². The molecule has 0 amide bonds. The van der Waals surface area contributed by atoms with Crippen molar-refractivity contribution in [2.45, 2.75) is 6.54 Å². The number of hydrogen-bond acceptors (Lipinski definition) is 3. The van der Waals surface area contributed by atoms with E-state index in [4.69, 9.17) is 10.6 Å². The Hall–Kier alpha value is -0.580. The fourth-order valence-corrected chi connectivity index (χ4v) is 1.65. The van der Waals surface area contributed by atoms with E-state index in [1.165, 1.54) is 0 Å². The monoisotopic (exact) mass is 244 g/mol. The van der Waals surface area contributed by atoms with E-state index in [0.29, 0.717) is 0 Å². The Bertz CT molecular complexity index is 271. The Morgan fingerprint density at radius 2 is 2.15 bits per heavy atom. The van der Waals surface area contributed by atoms with E-state index >= 15 is 0 Å². The fraction of sp³-hybridized carbons (Fsp3) is 0.333. The molecule has 0 spiro atoms. The van der Waals surface area contributed by atoms with Gasteiger partial charge in [-0.3, -0.25) is 0 Å². The zero-order valence-electron chi connectivity index (χ0n) is 7.75. The number of nitrogens with two attached hydrogens (primary N) is 1. The minimum Gasteiger partial charge on any atom is -0.399 e. The zero-order chi connectivity index (χ0) is 9.84. The predicted molar refractivity (Wildman–Crippen MR) is 57.0 cm³/mol. The lowest BCUT2D eigenvalue weighted by Gasteiger charge is -2.13. The summed E-state index contributed by atoms with van der Waals surface area (Å²) in [5, 5.41) is 1.74. The molecule has 0 fully saturated rings. The molecule has 0 radical (unpaired) electrons. The Labute approximate surface area is 86.6 Å². The van der Waals surface area contributed by atoms with Crippen LogP contribution in [0.15, 0.2) is 22.7 Å². The lowest BCUT2D eigenvalue weighted by Crippen LogP contribution is -2.15. The summed E-state index contributed by atoms with van der Waals surface area (Å²) in [6, 6.07) is 5.82. The molecule has 0 aliphatic carbocycles. The summed E-state index contributed by atoms with van der Waals surface area (Å²) in [7, 11) is 3.51. The molecule has 0 aromatic heterocycles. The van der Waals surface area contributed by atoms with Gasteiger partial charge in [-0.15, -0.1) is 0 Å². The van der Waals surface area contributed by atoms with Crippen LogP contribution in [-0.4, -0.2) is 19.2 Å². The van der Waals surface area contributed by atoms with Gasteiger partial charge in [-0.25, -0.2) is 0 Å². The van der Waals surface area contributed by atoms with E-state index in [0.717, 1.165) is 22.3 Å². The Morgan fingerprint density at radius 3 is 2.69 bits per heavy atom. The average molecular weight is 245 g/mol. The van der Waals surface area contributed by atoms with Crippen molar-refractivity contribution in [3.05, 3.63) is 28.2 Å². The minimum absolute atomic E-state index is 0.722. The molecule has 72 valence electrons. The molecule has 0 aliphatic heterocycles. The van der Waals surface area contributed by atoms with Crippen molar-refractivity contribution in [1.29, 1.82) is 0 Å². The Morgan fingerprint density at radius 1 is 1.46 bits per heavy atom. The molecule has 0 aliphatic rings. The molecule has 0 saturated heterocycles. The minimum atomic E-state index is 0.722. The van der Waals surface area contributed by atoms with Crippen LogP contribution in [0.2, 0.25) is 0 Å². The summed E-state index contributed by atoms with van der Waals surface area (Å²) >= 11 is 3.39. The van der Waals surface area contributed by atoms with Gasteiger partial charge in [0.1, 0.15) is 0 Å². The average Bonchev–Trinajstić information content (AvgIpc) is 2.02. The number of hydroxylamine groups is 2. The molecule has 2 N–H and O–H groups in total. The van der Waals surface area contributed by atoms with E-state index in [-0.39, 0.29) is 0 Å². The first-order valence-electron chi connectivity index (χ1n) is 3.92. The largest absolute Gasteiger partial charge is 0.399 e. The highest BCUT2D eigenvalue weighted by Gasteiger charge is 2.00. The summed E-state index contributed by atoms with van der Waals surface area (Å²) in [6.45, 7) is 0.722. The highest BCUT2D eigenvalue weighted by molar-refractivity contribution is 9.10. The molecule has 3 nitrogen and oxygen atoms in total. The Kier molecular flexibility index (Phi) is 3.71. The number of rotatable bonds is 3. The quantitative estimate of drug-likeness (QED) is 0.654. The molecular formula is C9H13BrN2O. The molecule has 0 atom stereocenters. The molecule has 1 rings (SSSR count). The topological polar surface area (TPSA) is 38.5 Å². The summed E-state index contributed by atoms with van der Waals surface area (Å²) < 4.78 is 0.993. The predicted octanol–water partition coefficient (Wildman–Crippen LogP) is 2.02. The first kappa shape index (κ1) is 10.5. The molecule has 0 saturated carbocycles. The lowest BCUT2D eigenvalue weighted by molar-refractivity contribution is -0.116. The SMILES string of the molecule is CON(C)Cc1cc(N)cc(Br)c1. The molecule has 13 heavy (non-hydrogen) atoms. The van der Waals surface area contributed by atoms with Crippen LogP contribution in [0, 0.1) is 0 Å². The van der Waals surface area contributed by atoms with Gasteiger partial charge in [0.05, 0.1) is 7.11 Å². The van der Waals surface area contributed by atoms with Crippen LogP contribution in [0.4, 0.5) is 5.69 Å². The van der Waals surface area contributed by atoms with Crippen molar-refractivity contribution < 1.29 is 4.84 Å². The van der Waals surface area contributed by atoms with Crippen molar-refractivity contribution in [2.24, 2.45) is 0 Å². The van der Waals surface area contributed by atoms with E-state index in [1.54, 1.807) is 12.2 Å². The number of hydrogen-bond donors (Lipinski definition) is 1. The van der Waals surface area contributed by atoms with Crippen molar-refractivity contribution in [3.63, 3.8) is 0 Å². The number of benzene rings is 1. The Balaban J connectivity index is 2.77.